The van der Waals surface area contributed by atoms with Crippen LogP contribution in [-0.4, -0.2) is 37.1 Å². The lowest BCUT2D eigenvalue weighted by molar-refractivity contribution is -0.144. The van der Waals surface area contributed by atoms with Crippen molar-refractivity contribution in [1.29, 1.82) is 0 Å². The maximum absolute atomic E-state index is 11.5. The number of oxazole rings is 1. The number of benzene rings is 1. The summed E-state index contributed by atoms with van der Waals surface area (Å²) in [7, 11) is 1.38. The Balaban J connectivity index is 0.00000364. The molecule has 1 atom stereocenters. The molecule has 0 saturated carbocycles. The van der Waals surface area contributed by atoms with Crippen LogP contribution in [-0.2, 0) is 16.1 Å². The summed E-state index contributed by atoms with van der Waals surface area (Å²) in [5.41, 5.74) is 2.86. The highest BCUT2D eigenvalue weighted by Gasteiger charge is 2.13. The maximum Gasteiger partial charge on any atom is 0.310 e. The van der Waals surface area contributed by atoms with Crippen molar-refractivity contribution >= 4 is 35.9 Å². The third kappa shape index (κ3) is 7.20. The molecular weight excluding hydrogens is 459 g/mol. The first-order valence-electron chi connectivity index (χ1n) is 8.65. The van der Waals surface area contributed by atoms with Gasteiger partial charge in [-0.15, -0.1) is 24.0 Å². The molecule has 2 aromatic rings. The molecule has 0 bridgehead atoms. The Bertz CT molecular complexity index is 744. The predicted molar refractivity (Wildman–Crippen MR) is 116 cm³/mol. The summed E-state index contributed by atoms with van der Waals surface area (Å²) in [6, 6.07) is 8.00. The average Bonchev–Trinajstić information content (AvgIpc) is 3.12. The largest absolute Gasteiger partial charge is 0.469 e. The molecule has 0 aliphatic carbocycles. The van der Waals surface area contributed by atoms with Gasteiger partial charge in [0.25, 0.3) is 0 Å². The van der Waals surface area contributed by atoms with E-state index in [1.54, 1.807) is 13.2 Å². The number of aromatic nitrogens is 1. The van der Waals surface area contributed by atoms with E-state index in [0.29, 0.717) is 31.5 Å². The Hall–Kier alpha value is -2.10. The Morgan fingerprint density at radius 3 is 2.63 bits per heavy atom. The molecule has 2 rings (SSSR count). The zero-order valence-electron chi connectivity index (χ0n) is 16.1. The van der Waals surface area contributed by atoms with E-state index in [1.807, 2.05) is 38.1 Å². The Morgan fingerprint density at radius 2 is 2.00 bits per heavy atom. The van der Waals surface area contributed by atoms with Gasteiger partial charge in [-0.3, -0.25) is 4.79 Å². The van der Waals surface area contributed by atoms with Gasteiger partial charge in [-0.25, -0.2) is 9.98 Å². The van der Waals surface area contributed by atoms with Gasteiger partial charge in [0, 0.05) is 18.7 Å². The Morgan fingerprint density at radius 1 is 1.30 bits per heavy atom. The molecule has 0 fully saturated rings. The number of halogens is 1. The molecule has 8 heteroatoms. The fourth-order valence-corrected chi connectivity index (χ4v) is 2.24. The highest BCUT2D eigenvalue weighted by atomic mass is 127. The summed E-state index contributed by atoms with van der Waals surface area (Å²) in [6.07, 6.45) is 1.61. The van der Waals surface area contributed by atoms with Crippen LogP contribution in [0.1, 0.15) is 25.1 Å². The minimum Gasteiger partial charge on any atom is -0.469 e. The monoisotopic (exact) mass is 486 g/mol. The Labute approximate surface area is 177 Å². The lowest BCUT2D eigenvalue weighted by Crippen LogP contribution is -2.40. The van der Waals surface area contributed by atoms with Gasteiger partial charge >= 0.3 is 5.97 Å². The molecule has 7 nitrogen and oxygen atoms in total. The van der Waals surface area contributed by atoms with Crippen LogP contribution in [0.5, 0.6) is 0 Å². The quantitative estimate of drug-likeness (QED) is 0.271. The number of ether oxygens (including phenoxy) is 1. The van der Waals surface area contributed by atoms with E-state index >= 15 is 0 Å². The van der Waals surface area contributed by atoms with Crippen LogP contribution >= 0.6 is 24.0 Å². The molecule has 2 N–H and O–H groups in total. The molecule has 1 unspecified atom stereocenters. The van der Waals surface area contributed by atoms with Gasteiger partial charge in [0.15, 0.2) is 5.96 Å². The van der Waals surface area contributed by atoms with Gasteiger partial charge in [0.05, 0.1) is 19.6 Å². The van der Waals surface area contributed by atoms with Crippen LogP contribution in [0.15, 0.2) is 39.9 Å². The second-order valence-corrected chi connectivity index (χ2v) is 6.01. The summed E-state index contributed by atoms with van der Waals surface area (Å²) in [4.78, 5) is 20.4. The molecule has 0 aliphatic heterocycles. The van der Waals surface area contributed by atoms with E-state index in [2.05, 4.69) is 20.6 Å². The fraction of sp³-hybridized carbons (Fsp3) is 0.421. The van der Waals surface area contributed by atoms with Crippen molar-refractivity contribution < 1.29 is 13.9 Å². The number of hydrogen-bond acceptors (Lipinski definition) is 5. The van der Waals surface area contributed by atoms with Crippen molar-refractivity contribution in [2.24, 2.45) is 10.9 Å². The molecule has 0 radical (unpaired) electrons. The molecule has 0 amide bonds. The van der Waals surface area contributed by atoms with Gasteiger partial charge in [0.1, 0.15) is 12.0 Å². The fourth-order valence-electron chi connectivity index (χ4n) is 2.24. The molecular formula is C19H27IN4O3. The van der Waals surface area contributed by atoms with Crippen LogP contribution in [0.3, 0.4) is 0 Å². The van der Waals surface area contributed by atoms with E-state index in [0.717, 1.165) is 11.3 Å². The number of rotatable bonds is 7. The van der Waals surface area contributed by atoms with Crippen molar-refractivity contribution in [3.63, 3.8) is 0 Å². The van der Waals surface area contributed by atoms with Crippen molar-refractivity contribution in [3.8, 4) is 11.5 Å². The molecule has 1 heterocycles. The topological polar surface area (TPSA) is 88.8 Å². The molecule has 0 aliphatic rings. The zero-order valence-corrected chi connectivity index (χ0v) is 18.4. The summed E-state index contributed by atoms with van der Waals surface area (Å²) >= 11 is 0. The second kappa shape index (κ2) is 11.6. The van der Waals surface area contributed by atoms with Gasteiger partial charge in [-0.2, -0.15) is 0 Å². The van der Waals surface area contributed by atoms with Crippen molar-refractivity contribution in [2.45, 2.75) is 27.3 Å². The molecule has 0 saturated heterocycles. The summed E-state index contributed by atoms with van der Waals surface area (Å²) < 4.78 is 10.3. The van der Waals surface area contributed by atoms with Crippen LogP contribution in [0.2, 0.25) is 0 Å². The number of hydrogen-bond donors (Lipinski definition) is 2. The number of aryl methyl sites for hydroxylation is 1. The highest BCUT2D eigenvalue weighted by molar-refractivity contribution is 14.0. The first-order chi connectivity index (χ1) is 12.5. The van der Waals surface area contributed by atoms with E-state index in [9.17, 15) is 4.79 Å². The number of methoxy groups -OCH3 is 1. The smallest absolute Gasteiger partial charge is 0.310 e. The maximum atomic E-state index is 11.5. The first-order valence-corrected chi connectivity index (χ1v) is 8.65. The number of guanidine groups is 1. The van der Waals surface area contributed by atoms with Crippen LogP contribution in [0.4, 0.5) is 0 Å². The summed E-state index contributed by atoms with van der Waals surface area (Å²) in [6.45, 7) is 7.34. The predicted octanol–water partition coefficient (Wildman–Crippen LogP) is 3.13. The van der Waals surface area contributed by atoms with Gasteiger partial charge < -0.3 is 19.8 Å². The SMILES string of the molecule is CCNC(=NCc1coc(-c2ccc(C)cc2)n1)NCC(C)C(=O)OC.I. The second-order valence-electron chi connectivity index (χ2n) is 6.01. The molecule has 1 aromatic heterocycles. The average molecular weight is 486 g/mol. The van der Waals surface area contributed by atoms with Crippen molar-refractivity contribution in [3.05, 3.63) is 41.8 Å². The highest BCUT2D eigenvalue weighted by Crippen LogP contribution is 2.19. The summed E-state index contributed by atoms with van der Waals surface area (Å²) in [5.74, 6) is 0.673. The molecule has 148 valence electrons. The third-order valence-electron chi connectivity index (χ3n) is 3.77. The molecule has 27 heavy (non-hydrogen) atoms. The number of nitrogens with one attached hydrogen (secondary N) is 2. The first kappa shape index (κ1) is 22.9. The van der Waals surface area contributed by atoms with E-state index < -0.39 is 0 Å². The van der Waals surface area contributed by atoms with Crippen LogP contribution in [0.25, 0.3) is 11.5 Å². The van der Waals surface area contributed by atoms with E-state index in [1.165, 1.54) is 12.7 Å². The Kier molecular flexibility index (Phi) is 9.84. The van der Waals surface area contributed by atoms with E-state index in [-0.39, 0.29) is 35.9 Å². The molecule has 1 aromatic carbocycles. The van der Waals surface area contributed by atoms with Gasteiger partial charge in [0.2, 0.25) is 5.89 Å². The van der Waals surface area contributed by atoms with Gasteiger partial charge in [-0.05, 0) is 26.0 Å². The lowest BCUT2D eigenvalue weighted by Gasteiger charge is -2.14. The van der Waals surface area contributed by atoms with Crippen LogP contribution in [0, 0.1) is 12.8 Å². The van der Waals surface area contributed by atoms with Crippen LogP contribution < -0.4 is 10.6 Å². The zero-order chi connectivity index (χ0) is 18.9. The number of nitrogens with zero attached hydrogens (tertiary/aromatic N) is 2. The summed E-state index contributed by atoms with van der Waals surface area (Å²) in [5, 5.41) is 6.27. The number of aliphatic imine (C=N–C) groups is 1. The standard InChI is InChI=1S/C19H26N4O3.HI/c1-5-20-19(21-10-14(3)18(24)25-4)22-11-16-12-26-17(23-16)15-8-6-13(2)7-9-15;/h6-9,12,14H,5,10-11H2,1-4H3,(H2,20,21,22);1H. The number of carbonyl (C=O) groups excluding carboxylic acids is 1. The minimum atomic E-state index is -0.260. The number of esters is 1. The van der Waals surface area contributed by atoms with Crippen molar-refractivity contribution in [2.75, 3.05) is 20.2 Å². The normalized spacial score (nSPS) is 12.1. The number of carbonyl (C=O) groups is 1. The van der Waals surface area contributed by atoms with E-state index in [4.69, 9.17) is 9.15 Å². The molecule has 0 spiro atoms. The van der Waals surface area contributed by atoms with Gasteiger partial charge in [-0.1, -0.05) is 24.6 Å². The third-order valence-corrected chi connectivity index (χ3v) is 3.77. The van der Waals surface area contributed by atoms with Crippen molar-refractivity contribution in [1.82, 2.24) is 15.6 Å². The lowest BCUT2D eigenvalue weighted by atomic mass is 10.1. The minimum absolute atomic E-state index is 0.